The second-order valence-corrected chi connectivity index (χ2v) is 6.10. The van der Waals surface area contributed by atoms with Gasteiger partial charge in [-0.15, -0.1) is 0 Å². The van der Waals surface area contributed by atoms with Gasteiger partial charge in [-0.3, -0.25) is 9.78 Å². The summed E-state index contributed by atoms with van der Waals surface area (Å²) in [7, 11) is 0. The Labute approximate surface area is 123 Å². The zero-order valence-corrected chi connectivity index (χ0v) is 12.7. The van der Waals surface area contributed by atoms with Gasteiger partial charge in [-0.1, -0.05) is 0 Å². The van der Waals surface area contributed by atoms with E-state index in [-0.39, 0.29) is 6.04 Å². The molecule has 0 bridgehead atoms. The number of fused-ring (bicyclic) bond motifs is 3. The van der Waals surface area contributed by atoms with Gasteiger partial charge in [-0.05, 0) is 39.8 Å². The summed E-state index contributed by atoms with van der Waals surface area (Å²) >= 11 is 0. The van der Waals surface area contributed by atoms with Crippen LogP contribution in [-0.4, -0.2) is 15.5 Å². The maximum atomic E-state index is 11.8. The van der Waals surface area contributed by atoms with Crippen LogP contribution in [0.3, 0.4) is 0 Å². The third-order valence-electron chi connectivity index (χ3n) is 3.86. The molecule has 110 valence electrons. The Morgan fingerprint density at radius 2 is 2.14 bits per heavy atom. The van der Waals surface area contributed by atoms with Crippen molar-refractivity contribution in [3.8, 4) is 17.0 Å². The maximum Gasteiger partial charge on any atom is 0.265 e. The molecule has 3 heterocycles. The molecule has 0 radical (unpaired) electrons. The van der Waals surface area contributed by atoms with Gasteiger partial charge in [0.2, 0.25) is 0 Å². The van der Waals surface area contributed by atoms with Crippen LogP contribution in [0.25, 0.3) is 11.3 Å². The van der Waals surface area contributed by atoms with Crippen molar-refractivity contribution in [1.29, 1.82) is 0 Å². The van der Waals surface area contributed by atoms with E-state index < -0.39 is 11.5 Å². The van der Waals surface area contributed by atoms with Crippen LogP contribution in [0.4, 0.5) is 0 Å². The smallest absolute Gasteiger partial charge is 0.265 e. The van der Waals surface area contributed by atoms with Crippen LogP contribution in [0.15, 0.2) is 24.5 Å². The minimum atomic E-state index is -0.532. The third kappa shape index (κ3) is 1.92. The number of amides is 1. The number of carbonyl (C=O) groups is 1. The van der Waals surface area contributed by atoms with E-state index in [2.05, 4.69) is 4.98 Å². The van der Waals surface area contributed by atoms with E-state index in [0.717, 1.165) is 22.6 Å². The van der Waals surface area contributed by atoms with Gasteiger partial charge in [-0.25, -0.2) is 0 Å². The van der Waals surface area contributed by atoms with E-state index in [9.17, 15) is 4.79 Å². The highest BCUT2D eigenvalue weighted by Gasteiger charge is 2.37. The zero-order valence-electron chi connectivity index (χ0n) is 12.7. The van der Waals surface area contributed by atoms with Crippen molar-refractivity contribution in [2.45, 2.75) is 39.3 Å². The molecule has 5 heteroatoms. The van der Waals surface area contributed by atoms with Gasteiger partial charge in [0.25, 0.3) is 5.91 Å². The molecule has 0 aliphatic carbocycles. The van der Waals surface area contributed by atoms with Gasteiger partial charge in [-0.2, -0.15) is 0 Å². The first-order valence-corrected chi connectivity index (χ1v) is 7.02. The summed E-state index contributed by atoms with van der Waals surface area (Å²) in [6, 6.07) is 3.87. The summed E-state index contributed by atoms with van der Waals surface area (Å²) in [5.74, 6) is 0.301. The largest absolute Gasteiger partial charge is 0.481 e. The molecule has 21 heavy (non-hydrogen) atoms. The number of primary amides is 1. The minimum Gasteiger partial charge on any atom is -0.481 e. The highest BCUT2D eigenvalue weighted by Crippen LogP contribution is 2.46. The van der Waals surface area contributed by atoms with Crippen LogP contribution in [0, 0.1) is 0 Å². The first-order valence-electron chi connectivity index (χ1n) is 7.02. The number of aromatic nitrogens is 2. The highest BCUT2D eigenvalue weighted by atomic mass is 16.5. The Balaban J connectivity index is 2.41. The van der Waals surface area contributed by atoms with E-state index in [1.165, 1.54) is 0 Å². The molecular formula is C16H19N3O2. The van der Waals surface area contributed by atoms with Crippen LogP contribution in [-0.2, 0) is 5.60 Å². The molecule has 0 aromatic carbocycles. The summed E-state index contributed by atoms with van der Waals surface area (Å²) in [5, 5.41) is 0. The number of hydrogen-bond acceptors (Lipinski definition) is 3. The zero-order chi connectivity index (χ0) is 15.4. The quantitative estimate of drug-likeness (QED) is 0.922. The van der Waals surface area contributed by atoms with Crippen LogP contribution >= 0.6 is 0 Å². The maximum absolute atomic E-state index is 11.8. The van der Waals surface area contributed by atoms with Gasteiger partial charge in [0.15, 0.2) is 0 Å². The number of pyridine rings is 1. The van der Waals surface area contributed by atoms with Gasteiger partial charge < -0.3 is 15.0 Å². The summed E-state index contributed by atoms with van der Waals surface area (Å²) in [5.41, 5.74) is 8.45. The summed E-state index contributed by atoms with van der Waals surface area (Å²) < 4.78 is 8.03. The van der Waals surface area contributed by atoms with E-state index in [0.29, 0.717) is 5.69 Å². The van der Waals surface area contributed by atoms with E-state index in [1.807, 2.05) is 44.4 Å². The lowest BCUT2D eigenvalue weighted by Crippen LogP contribution is -2.29. The molecule has 1 aliphatic rings. The van der Waals surface area contributed by atoms with Crippen molar-refractivity contribution < 1.29 is 9.53 Å². The van der Waals surface area contributed by atoms with Crippen molar-refractivity contribution in [2.24, 2.45) is 5.73 Å². The average Bonchev–Trinajstić information content (AvgIpc) is 2.80. The lowest BCUT2D eigenvalue weighted by Gasteiger charge is -2.33. The summed E-state index contributed by atoms with van der Waals surface area (Å²) in [4.78, 5) is 15.9. The third-order valence-corrected chi connectivity index (χ3v) is 3.86. The van der Waals surface area contributed by atoms with Crippen molar-refractivity contribution in [1.82, 2.24) is 9.55 Å². The Morgan fingerprint density at radius 1 is 1.43 bits per heavy atom. The molecule has 0 fully saturated rings. The number of nitrogens with zero attached hydrogens (tertiary/aromatic N) is 2. The molecule has 2 N–H and O–H groups in total. The normalized spacial score (nSPS) is 15.3. The van der Waals surface area contributed by atoms with Crippen molar-refractivity contribution in [3.05, 3.63) is 35.8 Å². The molecule has 1 amide bonds. The molecule has 5 nitrogen and oxygen atoms in total. The molecule has 0 atom stereocenters. The number of rotatable bonds is 2. The molecule has 0 saturated heterocycles. The topological polar surface area (TPSA) is 70.1 Å². The van der Waals surface area contributed by atoms with Crippen LogP contribution in [0.5, 0.6) is 5.75 Å². The molecule has 0 unspecified atom stereocenters. The predicted octanol–water partition coefficient (Wildman–Crippen LogP) is 2.86. The number of hydrogen-bond donors (Lipinski definition) is 1. The first kappa shape index (κ1) is 13.7. The van der Waals surface area contributed by atoms with Gasteiger partial charge in [0.1, 0.15) is 17.0 Å². The summed E-state index contributed by atoms with van der Waals surface area (Å²) in [6.07, 6.45) is 3.44. The fourth-order valence-corrected chi connectivity index (χ4v) is 2.97. The molecular weight excluding hydrogens is 266 g/mol. The highest BCUT2D eigenvalue weighted by molar-refractivity contribution is 5.94. The fourth-order valence-electron chi connectivity index (χ4n) is 2.97. The first-order chi connectivity index (χ1) is 9.83. The number of carbonyl (C=O) groups excluding carboxylic acids is 1. The molecule has 2 aromatic rings. The van der Waals surface area contributed by atoms with E-state index in [1.54, 1.807) is 12.4 Å². The lowest BCUT2D eigenvalue weighted by molar-refractivity contribution is 0.0990. The van der Waals surface area contributed by atoms with Gasteiger partial charge in [0.05, 0.1) is 11.9 Å². The summed E-state index contributed by atoms with van der Waals surface area (Å²) in [6.45, 7) is 8.04. The molecule has 2 aromatic heterocycles. The Morgan fingerprint density at radius 3 is 2.76 bits per heavy atom. The van der Waals surface area contributed by atoms with Crippen molar-refractivity contribution >= 4 is 5.91 Å². The molecule has 1 aliphatic heterocycles. The van der Waals surface area contributed by atoms with Crippen molar-refractivity contribution in [3.63, 3.8) is 0 Å². The average molecular weight is 285 g/mol. The van der Waals surface area contributed by atoms with Gasteiger partial charge >= 0.3 is 0 Å². The van der Waals surface area contributed by atoms with Crippen LogP contribution in [0.2, 0.25) is 0 Å². The molecule has 0 spiro atoms. The Hall–Kier alpha value is -2.30. The standard InChI is InChI=1S/C16H19N3O2/c1-9(2)19-12(15(17)20)7-11-14(19)10-5-6-18-8-13(10)21-16(11,3)4/h5-9H,1-4H3,(H2,17,20). The van der Waals surface area contributed by atoms with Crippen molar-refractivity contribution in [2.75, 3.05) is 0 Å². The SMILES string of the molecule is CC(C)n1c(C(N)=O)cc2c1-c1ccncc1OC2(C)C. The van der Waals surface area contributed by atoms with Gasteiger partial charge in [0, 0.05) is 23.4 Å². The molecule has 3 rings (SSSR count). The number of nitrogens with two attached hydrogens (primary N) is 1. The minimum absolute atomic E-state index is 0.117. The van der Waals surface area contributed by atoms with E-state index >= 15 is 0 Å². The van der Waals surface area contributed by atoms with E-state index in [4.69, 9.17) is 10.5 Å². The second-order valence-electron chi connectivity index (χ2n) is 6.10. The lowest BCUT2D eigenvalue weighted by atomic mass is 9.91. The Kier molecular flexibility index (Phi) is 2.83. The van der Waals surface area contributed by atoms with Crippen LogP contribution in [0.1, 0.15) is 49.8 Å². The fraction of sp³-hybridized carbons (Fsp3) is 0.375. The number of ether oxygens (including phenoxy) is 1. The second kappa shape index (κ2) is 4.35. The van der Waals surface area contributed by atoms with Crippen LogP contribution < -0.4 is 10.5 Å². The molecule has 0 saturated carbocycles. The monoisotopic (exact) mass is 285 g/mol. The Bertz CT molecular complexity index is 729. The predicted molar refractivity (Wildman–Crippen MR) is 80.2 cm³/mol.